The second-order valence-corrected chi connectivity index (χ2v) is 5.08. The molecule has 0 radical (unpaired) electrons. The molecule has 0 aliphatic carbocycles. The van der Waals surface area contributed by atoms with E-state index in [-0.39, 0.29) is 6.61 Å². The van der Waals surface area contributed by atoms with Gasteiger partial charge >= 0.3 is 0 Å². The first-order valence-corrected chi connectivity index (χ1v) is 6.48. The molecule has 10 heteroatoms. The molecule has 0 aromatic carbocycles. The highest BCUT2D eigenvalue weighted by atomic mass is 16.8. The van der Waals surface area contributed by atoms with E-state index in [1.807, 2.05) is 0 Å². The molecule has 10 nitrogen and oxygen atoms in total. The first-order valence-electron chi connectivity index (χ1n) is 6.48. The van der Waals surface area contributed by atoms with Gasteiger partial charge in [0, 0.05) is 0 Å². The maximum atomic E-state index is 9.77. The zero-order valence-electron chi connectivity index (χ0n) is 11.0. The van der Waals surface area contributed by atoms with Crippen LogP contribution >= 0.6 is 0 Å². The minimum atomic E-state index is -1.65. The van der Waals surface area contributed by atoms with Gasteiger partial charge in [-0.2, -0.15) is 0 Å². The fourth-order valence-electron chi connectivity index (χ4n) is 2.21. The Kier molecular flexibility index (Phi) is 5.48. The van der Waals surface area contributed by atoms with Crippen molar-refractivity contribution in [1.29, 1.82) is 0 Å². The number of ether oxygens (including phenoxy) is 3. The van der Waals surface area contributed by atoms with Gasteiger partial charge in [-0.05, 0) is 0 Å². The van der Waals surface area contributed by atoms with Crippen molar-refractivity contribution >= 4 is 0 Å². The van der Waals surface area contributed by atoms with Crippen LogP contribution in [0, 0.1) is 0 Å². The van der Waals surface area contributed by atoms with Gasteiger partial charge in [0.25, 0.3) is 0 Å². The van der Waals surface area contributed by atoms with Gasteiger partial charge in [-0.15, -0.1) is 0 Å². The van der Waals surface area contributed by atoms with Crippen LogP contribution in [0.1, 0.15) is 0 Å². The predicted octanol–water partition coefficient (Wildman–Crippen LogP) is -4.76. The Hall–Kier alpha value is -0.400. The third-order valence-electron chi connectivity index (χ3n) is 3.57. The average molecular weight is 312 g/mol. The SMILES string of the molecule is OC[C@H]1O[C@@H](O[C@H]2OC[C@@H](O)[C@H](O)[C@H]2O)[C@H](O)[C@@H](O)[C@H]1O. The molecule has 0 unspecified atom stereocenters. The van der Waals surface area contributed by atoms with Crippen LogP contribution in [0.4, 0.5) is 0 Å². The van der Waals surface area contributed by atoms with Crippen molar-refractivity contribution in [2.24, 2.45) is 0 Å². The molecule has 21 heavy (non-hydrogen) atoms. The second kappa shape index (κ2) is 6.79. The fraction of sp³-hybridized carbons (Fsp3) is 1.00. The molecule has 2 saturated heterocycles. The number of hydrogen-bond donors (Lipinski definition) is 7. The first-order chi connectivity index (χ1) is 9.86. The number of aliphatic hydroxyl groups excluding tert-OH is 7. The summed E-state index contributed by atoms with van der Waals surface area (Å²) in [6.45, 7) is -0.930. The topological polar surface area (TPSA) is 169 Å². The lowest BCUT2D eigenvalue weighted by atomic mass is 9.99. The number of hydrogen-bond acceptors (Lipinski definition) is 10. The van der Waals surface area contributed by atoms with Crippen LogP contribution in [0.5, 0.6) is 0 Å². The predicted molar refractivity (Wildman–Crippen MR) is 62.6 cm³/mol. The van der Waals surface area contributed by atoms with E-state index in [2.05, 4.69) is 0 Å². The summed E-state index contributed by atoms with van der Waals surface area (Å²) < 4.78 is 15.2. The van der Waals surface area contributed by atoms with Crippen molar-refractivity contribution < 1.29 is 50.0 Å². The standard InChI is InChI=1S/C11H20O10/c12-1-4-6(15)7(16)9(18)11(20-4)21-10-8(17)5(14)3(13)2-19-10/h3-18H,1-2H2/t3-,4-,5+,6+,7+,8-,9-,10-,11+/m1/s1. The molecule has 0 aromatic heterocycles. The number of aliphatic hydroxyl groups is 7. The van der Waals surface area contributed by atoms with E-state index in [9.17, 15) is 30.6 Å². The minimum Gasteiger partial charge on any atom is -0.394 e. The fourth-order valence-corrected chi connectivity index (χ4v) is 2.21. The van der Waals surface area contributed by atoms with E-state index >= 15 is 0 Å². The lowest BCUT2D eigenvalue weighted by Crippen LogP contribution is -2.62. The summed E-state index contributed by atoms with van der Waals surface area (Å²) in [4.78, 5) is 0. The van der Waals surface area contributed by atoms with Crippen LogP contribution in [0.25, 0.3) is 0 Å². The Morgan fingerprint density at radius 3 is 2.05 bits per heavy atom. The molecule has 0 saturated carbocycles. The van der Waals surface area contributed by atoms with Crippen LogP contribution in [0.2, 0.25) is 0 Å². The van der Waals surface area contributed by atoms with Crippen molar-refractivity contribution in [3.63, 3.8) is 0 Å². The summed E-state index contributed by atoms with van der Waals surface area (Å²) in [5, 5.41) is 66.5. The molecular weight excluding hydrogens is 292 g/mol. The minimum absolute atomic E-state index is 0.305. The summed E-state index contributed by atoms with van der Waals surface area (Å²) in [6, 6.07) is 0. The summed E-state index contributed by atoms with van der Waals surface area (Å²) in [6.07, 6.45) is -13.3. The van der Waals surface area contributed by atoms with E-state index in [1.165, 1.54) is 0 Å². The molecule has 2 heterocycles. The largest absolute Gasteiger partial charge is 0.394 e. The van der Waals surface area contributed by atoms with Gasteiger partial charge < -0.3 is 50.0 Å². The monoisotopic (exact) mass is 312 g/mol. The zero-order chi connectivity index (χ0) is 15.7. The Morgan fingerprint density at radius 1 is 0.810 bits per heavy atom. The Morgan fingerprint density at radius 2 is 1.43 bits per heavy atom. The van der Waals surface area contributed by atoms with Gasteiger partial charge in [0.1, 0.15) is 42.7 Å². The third-order valence-corrected chi connectivity index (χ3v) is 3.57. The van der Waals surface area contributed by atoms with E-state index in [1.54, 1.807) is 0 Å². The van der Waals surface area contributed by atoms with Crippen molar-refractivity contribution in [3.05, 3.63) is 0 Å². The first kappa shape index (κ1) is 17.0. The molecule has 0 aromatic rings. The van der Waals surface area contributed by atoms with Crippen LogP contribution in [0.3, 0.4) is 0 Å². The van der Waals surface area contributed by atoms with Crippen molar-refractivity contribution in [1.82, 2.24) is 0 Å². The molecule has 7 N–H and O–H groups in total. The highest BCUT2D eigenvalue weighted by Crippen LogP contribution is 2.25. The maximum Gasteiger partial charge on any atom is 0.189 e. The van der Waals surface area contributed by atoms with Crippen molar-refractivity contribution in [2.75, 3.05) is 13.2 Å². The average Bonchev–Trinajstić information content (AvgIpc) is 2.48. The Labute approximate surface area is 119 Å². The molecular formula is C11H20O10. The van der Waals surface area contributed by atoms with Gasteiger partial charge in [-0.3, -0.25) is 0 Å². The summed E-state index contributed by atoms with van der Waals surface area (Å²) in [5.74, 6) is 0. The lowest BCUT2D eigenvalue weighted by Gasteiger charge is -2.42. The molecule has 9 atom stereocenters. The Balaban J connectivity index is 2.01. The van der Waals surface area contributed by atoms with Crippen LogP contribution in [0.15, 0.2) is 0 Å². The smallest absolute Gasteiger partial charge is 0.189 e. The van der Waals surface area contributed by atoms with Crippen molar-refractivity contribution in [3.8, 4) is 0 Å². The molecule has 2 aliphatic heterocycles. The molecule has 2 aliphatic rings. The molecule has 0 amide bonds. The summed E-state index contributed by atoms with van der Waals surface area (Å²) in [5.41, 5.74) is 0. The van der Waals surface area contributed by atoms with Gasteiger partial charge in [0.05, 0.1) is 13.2 Å². The van der Waals surface area contributed by atoms with E-state index in [0.29, 0.717) is 0 Å². The van der Waals surface area contributed by atoms with Crippen molar-refractivity contribution in [2.45, 2.75) is 55.3 Å². The van der Waals surface area contributed by atoms with Crippen LogP contribution in [-0.2, 0) is 14.2 Å². The van der Waals surface area contributed by atoms with Gasteiger partial charge in [0.15, 0.2) is 12.6 Å². The second-order valence-electron chi connectivity index (χ2n) is 5.08. The van der Waals surface area contributed by atoms with Gasteiger partial charge in [0.2, 0.25) is 0 Å². The van der Waals surface area contributed by atoms with Crippen LogP contribution in [-0.4, -0.2) is 104 Å². The van der Waals surface area contributed by atoms with E-state index in [0.717, 1.165) is 0 Å². The maximum absolute atomic E-state index is 9.77. The Bertz CT molecular complexity index is 339. The zero-order valence-corrected chi connectivity index (χ0v) is 11.0. The summed E-state index contributed by atoms with van der Waals surface area (Å²) in [7, 11) is 0. The van der Waals surface area contributed by atoms with E-state index in [4.69, 9.17) is 19.3 Å². The van der Waals surface area contributed by atoms with Gasteiger partial charge in [-0.1, -0.05) is 0 Å². The van der Waals surface area contributed by atoms with E-state index < -0.39 is 61.9 Å². The molecule has 2 fully saturated rings. The highest BCUT2D eigenvalue weighted by Gasteiger charge is 2.47. The molecule has 0 spiro atoms. The molecule has 0 bridgehead atoms. The highest BCUT2D eigenvalue weighted by molar-refractivity contribution is 4.90. The van der Waals surface area contributed by atoms with Gasteiger partial charge in [-0.25, -0.2) is 0 Å². The molecule has 2 rings (SSSR count). The lowest BCUT2D eigenvalue weighted by molar-refractivity contribution is -0.365. The summed E-state index contributed by atoms with van der Waals surface area (Å²) >= 11 is 0. The number of rotatable bonds is 3. The quantitative estimate of drug-likeness (QED) is 0.268. The normalized spacial score (nSPS) is 51.9. The molecule has 124 valence electrons. The van der Waals surface area contributed by atoms with Crippen LogP contribution < -0.4 is 0 Å². The third kappa shape index (κ3) is 3.35.